The van der Waals surface area contributed by atoms with Crippen LogP contribution in [0.4, 0.5) is 10.1 Å². The number of halogens is 1. The normalized spacial score (nSPS) is 17.4. The first-order chi connectivity index (χ1) is 16.3. The van der Waals surface area contributed by atoms with Gasteiger partial charge in [-0.3, -0.25) is 14.5 Å². The van der Waals surface area contributed by atoms with E-state index in [9.17, 15) is 24.2 Å². The minimum atomic E-state index is -1.01. The number of rotatable bonds is 6. The first kappa shape index (κ1) is 23.0. The average molecular weight is 461 g/mol. The Kier molecular flexibility index (Phi) is 6.36. The highest BCUT2D eigenvalue weighted by molar-refractivity contribution is 6.51. The first-order valence-electron chi connectivity index (χ1n) is 10.8. The van der Waals surface area contributed by atoms with Crippen molar-refractivity contribution < 1.29 is 28.9 Å². The summed E-state index contributed by atoms with van der Waals surface area (Å²) in [6, 6.07) is 16.8. The molecule has 1 amide bonds. The lowest BCUT2D eigenvalue weighted by atomic mass is 9.95. The lowest BCUT2D eigenvalue weighted by molar-refractivity contribution is -0.132. The molecule has 3 aromatic rings. The molecule has 34 heavy (non-hydrogen) atoms. The third-order valence-corrected chi connectivity index (χ3v) is 5.45. The van der Waals surface area contributed by atoms with Gasteiger partial charge >= 0.3 is 0 Å². The number of Topliss-reactive ketones (excluding diaryl/α,β-unsaturated/α-hetero) is 1. The van der Waals surface area contributed by atoms with Crippen LogP contribution in [0, 0.1) is 11.7 Å². The maximum absolute atomic E-state index is 14.0. The third-order valence-electron chi connectivity index (χ3n) is 5.45. The molecule has 1 fully saturated rings. The molecule has 1 atom stereocenters. The van der Waals surface area contributed by atoms with Gasteiger partial charge in [0.05, 0.1) is 18.2 Å². The van der Waals surface area contributed by atoms with Crippen molar-refractivity contribution in [1.29, 1.82) is 0 Å². The number of phenolic OH excluding ortho intramolecular Hbond substituents is 1. The Morgan fingerprint density at radius 1 is 1.03 bits per heavy atom. The quantitative estimate of drug-likeness (QED) is 0.300. The molecule has 1 aliphatic heterocycles. The number of phenols is 1. The van der Waals surface area contributed by atoms with Gasteiger partial charge in [0.1, 0.15) is 23.1 Å². The van der Waals surface area contributed by atoms with Crippen molar-refractivity contribution in [2.75, 3.05) is 11.5 Å². The van der Waals surface area contributed by atoms with Gasteiger partial charge in [0.25, 0.3) is 11.7 Å². The van der Waals surface area contributed by atoms with E-state index in [4.69, 9.17) is 4.74 Å². The number of anilines is 1. The Labute approximate surface area is 196 Å². The summed E-state index contributed by atoms with van der Waals surface area (Å²) in [5.41, 5.74) is 0.852. The summed E-state index contributed by atoms with van der Waals surface area (Å²) in [6.45, 7) is 4.59. The third kappa shape index (κ3) is 4.50. The molecular weight excluding hydrogens is 437 g/mol. The minimum absolute atomic E-state index is 0.00319. The van der Waals surface area contributed by atoms with E-state index in [0.29, 0.717) is 29.4 Å². The summed E-state index contributed by atoms with van der Waals surface area (Å²) in [7, 11) is 0. The molecule has 6 nitrogen and oxygen atoms in total. The maximum Gasteiger partial charge on any atom is 0.300 e. The van der Waals surface area contributed by atoms with E-state index in [1.807, 2.05) is 13.8 Å². The highest BCUT2D eigenvalue weighted by Gasteiger charge is 2.47. The molecule has 1 saturated heterocycles. The van der Waals surface area contributed by atoms with Crippen molar-refractivity contribution in [2.24, 2.45) is 5.92 Å². The Morgan fingerprint density at radius 3 is 2.32 bits per heavy atom. The predicted molar refractivity (Wildman–Crippen MR) is 126 cm³/mol. The van der Waals surface area contributed by atoms with Crippen LogP contribution in [0.3, 0.4) is 0 Å². The summed E-state index contributed by atoms with van der Waals surface area (Å²) in [5.74, 6) is -1.74. The number of aromatic hydroxyl groups is 1. The van der Waals surface area contributed by atoms with Crippen LogP contribution >= 0.6 is 0 Å². The van der Waals surface area contributed by atoms with Gasteiger partial charge in [-0.05, 0) is 66.1 Å². The number of benzene rings is 3. The highest BCUT2D eigenvalue weighted by Crippen LogP contribution is 2.42. The number of ether oxygens (including phenoxy) is 1. The standard InChI is InChI=1S/C27H24FNO5/c1-16(2)15-34-22-12-8-18(9-13-22)25(31)23-24(17-6-10-21(30)11-7-17)29(27(33)26(23)32)20-5-3-4-19(28)14-20/h3-14,16,24,30-31H,15H2,1-2H3/b25-23+. The second kappa shape index (κ2) is 9.39. The van der Waals surface area contributed by atoms with Gasteiger partial charge in [-0.1, -0.05) is 32.0 Å². The molecule has 0 radical (unpaired) electrons. The fourth-order valence-corrected chi connectivity index (χ4v) is 3.82. The summed E-state index contributed by atoms with van der Waals surface area (Å²) < 4.78 is 19.6. The number of hydrogen-bond acceptors (Lipinski definition) is 5. The van der Waals surface area contributed by atoms with Gasteiger partial charge < -0.3 is 14.9 Å². The van der Waals surface area contributed by atoms with E-state index < -0.39 is 23.5 Å². The van der Waals surface area contributed by atoms with E-state index in [1.54, 1.807) is 36.4 Å². The van der Waals surface area contributed by atoms with Gasteiger partial charge in [-0.2, -0.15) is 0 Å². The zero-order chi connectivity index (χ0) is 24.4. The molecule has 174 valence electrons. The van der Waals surface area contributed by atoms with E-state index in [2.05, 4.69) is 0 Å². The Morgan fingerprint density at radius 2 is 1.71 bits per heavy atom. The molecule has 0 bridgehead atoms. The van der Waals surface area contributed by atoms with E-state index in [-0.39, 0.29) is 22.8 Å². The van der Waals surface area contributed by atoms with Gasteiger partial charge in [-0.15, -0.1) is 0 Å². The van der Waals surface area contributed by atoms with Gasteiger partial charge in [0.2, 0.25) is 0 Å². The van der Waals surface area contributed by atoms with E-state index in [1.165, 1.54) is 30.3 Å². The van der Waals surface area contributed by atoms with Gasteiger partial charge in [-0.25, -0.2) is 4.39 Å². The van der Waals surface area contributed by atoms with Crippen LogP contribution < -0.4 is 9.64 Å². The largest absolute Gasteiger partial charge is 0.508 e. The van der Waals surface area contributed by atoms with Crippen molar-refractivity contribution in [2.45, 2.75) is 19.9 Å². The van der Waals surface area contributed by atoms with Gasteiger partial charge in [0, 0.05) is 11.3 Å². The Balaban J connectivity index is 1.82. The maximum atomic E-state index is 14.0. The van der Waals surface area contributed by atoms with Crippen LogP contribution in [0.25, 0.3) is 5.76 Å². The number of amides is 1. The van der Waals surface area contributed by atoms with Crippen LogP contribution in [0.2, 0.25) is 0 Å². The zero-order valence-electron chi connectivity index (χ0n) is 18.7. The minimum Gasteiger partial charge on any atom is -0.508 e. The van der Waals surface area contributed by atoms with Crippen molar-refractivity contribution in [3.05, 3.63) is 95.3 Å². The van der Waals surface area contributed by atoms with Crippen molar-refractivity contribution in [3.8, 4) is 11.5 Å². The highest BCUT2D eigenvalue weighted by atomic mass is 19.1. The second-order valence-corrected chi connectivity index (χ2v) is 8.47. The fourth-order valence-electron chi connectivity index (χ4n) is 3.82. The topological polar surface area (TPSA) is 87.1 Å². The molecule has 1 aliphatic rings. The Bertz CT molecular complexity index is 1250. The number of nitrogens with zero attached hydrogens (tertiary/aromatic N) is 1. The van der Waals surface area contributed by atoms with E-state index in [0.717, 1.165) is 11.0 Å². The van der Waals surface area contributed by atoms with Crippen molar-refractivity contribution >= 4 is 23.1 Å². The average Bonchev–Trinajstić information content (AvgIpc) is 3.08. The molecule has 2 N–H and O–H groups in total. The fraction of sp³-hybridized carbons (Fsp3) is 0.185. The van der Waals surface area contributed by atoms with Crippen LogP contribution in [-0.4, -0.2) is 28.5 Å². The Hall–Kier alpha value is -4.13. The van der Waals surface area contributed by atoms with Crippen LogP contribution in [0.15, 0.2) is 78.4 Å². The van der Waals surface area contributed by atoms with Gasteiger partial charge in [0.15, 0.2) is 0 Å². The molecule has 3 aromatic carbocycles. The second-order valence-electron chi connectivity index (χ2n) is 8.47. The molecule has 7 heteroatoms. The molecule has 1 unspecified atom stereocenters. The number of carbonyl (C=O) groups excluding carboxylic acids is 2. The predicted octanol–water partition coefficient (Wildman–Crippen LogP) is 5.19. The summed E-state index contributed by atoms with van der Waals surface area (Å²) in [4.78, 5) is 27.3. The SMILES string of the molecule is CC(C)COc1ccc(/C(O)=C2\C(=O)C(=O)N(c3cccc(F)c3)C2c2ccc(O)cc2)cc1. The van der Waals surface area contributed by atoms with Crippen molar-refractivity contribution in [3.63, 3.8) is 0 Å². The van der Waals surface area contributed by atoms with Crippen LogP contribution in [-0.2, 0) is 9.59 Å². The summed E-state index contributed by atoms with van der Waals surface area (Å²) >= 11 is 0. The molecule has 0 spiro atoms. The molecule has 1 heterocycles. The lowest BCUT2D eigenvalue weighted by Crippen LogP contribution is -2.29. The molecule has 0 aromatic heterocycles. The summed E-state index contributed by atoms with van der Waals surface area (Å²) in [5, 5.41) is 20.8. The molecule has 0 aliphatic carbocycles. The van der Waals surface area contributed by atoms with E-state index >= 15 is 0 Å². The monoisotopic (exact) mass is 461 g/mol. The number of aliphatic hydroxyl groups is 1. The van der Waals surface area contributed by atoms with Crippen LogP contribution in [0.5, 0.6) is 11.5 Å². The van der Waals surface area contributed by atoms with Crippen LogP contribution in [0.1, 0.15) is 31.0 Å². The number of ketones is 1. The molecule has 4 rings (SSSR count). The number of hydrogen-bond donors (Lipinski definition) is 2. The number of carbonyl (C=O) groups is 2. The van der Waals surface area contributed by atoms with Crippen molar-refractivity contribution in [1.82, 2.24) is 0 Å². The first-order valence-corrected chi connectivity index (χ1v) is 10.8. The number of aliphatic hydroxyl groups excluding tert-OH is 1. The zero-order valence-corrected chi connectivity index (χ0v) is 18.7. The smallest absolute Gasteiger partial charge is 0.300 e. The lowest BCUT2D eigenvalue weighted by Gasteiger charge is -2.25. The molecular formula is C27H24FNO5. The summed E-state index contributed by atoms with van der Waals surface area (Å²) in [6.07, 6.45) is 0. The molecule has 0 saturated carbocycles.